The molecule has 4 rings (SSSR count). The first-order valence-corrected chi connectivity index (χ1v) is 8.03. The van der Waals surface area contributed by atoms with Crippen molar-refractivity contribution in [1.29, 1.82) is 5.41 Å². The molecule has 0 aliphatic carbocycles. The van der Waals surface area contributed by atoms with Gasteiger partial charge in [0.25, 0.3) is 0 Å². The number of hydrogen-bond donors (Lipinski definition) is 3. The molecule has 0 atom stereocenters. The second-order valence-corrected chi connectivity index (χ2v) is 6.09. The summed E-state index contributed by atoms with van der Waals surface area (Å²) < 4.78 is 5.16. The lowest BCUT2D eigenvalue weighted by Crippen LogP contribution is -2.26. The van der Waals surface area contributed by atoms with Crippen LogP contribution in [0.1, 0.15) is 5.82 Å². The van der Waals surface area contributed by atoms with Gasteiger partial charge in [-0.25, -0.2) is 4.98 Å². The lowest BCUT2D eigenvalue weighted by Gasteiger charge is -2.19. The maximum atomic E-state index is 10.4. The lowest BCUT2D eigenvalue weighted by atomic mass is 10.2. The maximum Gasteiger partial charge on any atom is 0.145 e. The summed E-state index contributed by atoms with van der Waals surface area (Å²) in [5, 5.41) is 19.4. The third-order valence-corrected chi connectivity index (χ3v) is 4.47. The predicted octanol–water partition coefficient (Wildman–Crippen LogP) is 3.99. The second-order valence-electron chi connectivity index (χ2n) is 5.68. The van der Waals surface area contributed by atoms with Gasteiger partial charge < -0.3 is 19.7 Å². The van der Waals surface area contributed by atoms with Crippen molar-refractivity contribution in [3.05, 3.63) is 59.1 Å². The molecule has 6 nitrogen and oxygen atoms in total. The van der Waals surface area contributed by atoms with Crippen molar-refractivity contribution in [2.75, 3.05) is 18.6 Å². The molecular weight excluding hydrogens is 340 g/mol. The smallest absolute Gasteiger partial charge is 0.145 e. The molecule has 2 heterocycles. The summed E-state index contributed by atoms with van der Waals surface area (Å²) in [7, 11) is 1.55. The number of ether oxygens (including phenoxy) is 1. The average Bonchev–Trinajstić information content (AvgIpc) is 3.15. The Hall–Kier alpha value is -2.99. The van der Waals surface area contributed by atoms with Gasteiger partial charge in [0, 0.05) is 5.69 Å². The number of amidine groups is 1. The number of fused-ring (bicyclic) bond motifs is 1. The van der Waals surface area contributed by atoms with Gasteiger partial charge in [0.15, 0.2) is 0 Å². The number of rotatable bonds is 3. The first kappa shape index (κ1) is 15.5. The van der Waals surface area contributed by atoms with E-state index in [9.17, 15) is 5.11 Å². The van der Waals surface area contributed by atoms with E-state index in [1.54, 1.807) is 30.2 Å². The minimum atomic E-state index is 0.0935. The SMILES string of the molecule is COc1ccc(N2CC(O)=C(c3nc4ccccc4[nH]3)C2=N)cc1Cl. The zero-order chi connectivity index (χ0) is 17.6. The summed E-state index contributed by atoms with van der Waals surface area (Å²) in [4.78, 5) is 9.31. The molecule has 0 saturated heterocycles. The Morgan fingerprint density at radius 2 is 2.08 bits per heavy atom. The number of nitrogens with zero attached hydrogens (tertiary/aromatic N) is 2. The number of imidazole rings is 1. The molecular formula is C18H15ClN4O2. The summed E-state index contributed by atoms with van der Waals surface area (Å²) in [6, 6.07) is 12.8. The quantitative estimate of drug-likeness (QED) is 0.663. The van der Waals surface area contributed by atoms with E-state index in [4.69, 9.17) is 21.7 Å². The van der Waals surface area contributed by atoms with E-state index in [-0.39, 0.29) is 18.1 Å². The highest BCUT2D eigenvalue weighted by Gasteiger charge is 2.31. The lowest BCUT2D eigenvalue weighted by molar-refractivity contribution is 0.411. The fourth-order valence-corrected chi connectivity index (χ4v) is 3.20. The number of methoxy groups -OCH3 is 1. The molecule has 25 heavy (non-hydrogen) atoms. The molecule has 0 bridgehead atoms. The van der Waals surface area contributed by atoms with Crippen LogP contribution in [0.3, 0.4) is 0 Å². The van der Waals surface area contributed by atoms with Gasteiger partial charge in [0.1, 0.15) is 23.2 Å². The van der Waals surface area contributed by atoms with Crippen molar-refractivity contribution >= 4 is 39.7 Å². The van der Waals surface area contributed by atoms with Gasteiger partial charge in [-0.15, -0.1) is 0 Å². The second kappa shape index (κ2) is 5.82. The fraction of sp³-hybridized carbons (Fsp3) is 0.111. The van der Waals surface area contributed by atoms with Crippen LogP contribution in [-0.4, -0.2) is 34.6 Å². The highest BCUT2D eigenvalue weighted by molar-refractivity contribution is 6.33. The summed E-state index contributed by atoms with van der Waals surface area (Å²) in [6.45, 7) is 0.188. The van der Waals surface area contributed by atoms with Crippen LogP contribution in [0, 0.1) is 5.41 Å². The molecule has 3 aromatic rings. The molecule has 0 spiro atoms. The number of aromatic nitrogens is 2. The Morgan fingerprint density at radius 3 is 2.80 bits per heavy atom. The van der Waals surface area contributed by atoms with Gasteiger partial charge >= 0.3 is 0 Å². The van der Waals surface area contributed by atoms with Crippen molar-refractivity contribution in [2.24, 2.45) is 0 Å². The molecule has 0 radical (unpaired) electrons. The largest absolute Gasteiger partial charge is 0.509 e. The Bertz CT molecular complexity index is 992. The van der Waals surface area contributed by atoms with Crippen LogP contribution in [-0.2, 0) is 0 Å². The van der Waals surface area contributed by atoms with Crippen LogP contribution in [0.2, 0.25) is 5.02 Å². The van der Waals surface area contributed by atoms with E-state index in [0.29, 0.717) is 27.9 Å². The van der Waals surface area contributed by atoms with Crippen molar-refractivity contribution < 1.29 is 9.84 Å². The summed E-state index contributed by atoms with van der Waals surface area (Å²) in [5.74, 6) is 1.30. The Labute approximate surface area is 148 Å². The van der Waals surface area contributed by atoms with Crippen molar-refractivity contribution in [3.63, 3.8) is 0 Å². The van der Waals surface area contributed by atoms with Gasteiger partial charge in [-0.1, -0.05) is 23.7 Å². The normalized spacial score (nSPS) is 14.6. The number of halogens is 1. The molecule has 0 fully saturated rings. The Balaban J connectivity index is 1.70. The van der Waals surface area contributed by atoms with Crippen LogP contribution in [0.25, 0.3) is 16.6 Å². The first-order chi connectivity index (χ1) is 12.1. The average molecular weight is 355 g/mol. The number of hydrogen-bond acceptors (Lipinski definition) is 4. The molecule has 3 N–H and O–H groups in total. The number of aliphatic hydroxyl groups is 1. The highest BCUT2D eigenvalue weighted by Crippen LogP contribution is 2.34. The molecule has 1 aliphatic rings. The molecule has 0 unspecified atom stereocenters. The summed E-state index contributed by atoms with van der Waals surface area (Å²) in [5.41, 5.74) is 2.74. The monoisotopic (exact) mass is 354 g/mol. The molecule has 1 aliphatic heterocycles. The predicted molar refractivity (Wildman–Crippen MR) is 98.7 cm³/mol. The van der Waals surface area contributed by atoms with E-state index in [1.807, 2.05) is 24.3 Å². The van der Waals surface area contributed by atoms with E-state index in [2.05, 4.69) is 9.97 Å². The molecule has 2 aromatic carbocycles. The number of H-pyrrole nitrogens is 1. The third-order valence-electron chi connectivity index (χ3n) is 4.18. The topological polar surface area (TPSA) is 85.2 Å². The molecule has 0 amide bonds. The van der Waals surface area contributed by atoms with E-state index in [1.165, 1.54) is 0 Å². The number of nitrogens with one attached hydrogen (secondary N) is 2. The minimum absolute atomic E-state index is 0.0935. The molecule has 0 saturated carbocycles. The molecule has 7 heteroatoms. The highest BCUT2D eigenvalue weighted by atomic mass is 35.5. The van der Waals surface area contributed by atoms with Crippen LogP contribution < -0.4 is 9.64 Å². The number of anilines is 1. The van der Waals surface area contributed by atoms with Gasteiger partial charge in [-0.2, -0.15) is 0 Å². The van der Waals surface area contributed by atoms with E-state index in [0.717, 1.165) is 11.0 Å². The van der Waals surface area contributed by atoms with Crippen molar-refractivity contribution in [2.45, 2.75) is 0 Å². The van der Waals surface area contributed by atoms with Crippen LogP contribution in [0.4, 0.5) is 5.69 Å². The van der Waals surface area contributed by atoms with Gasteiger partial charge in [-0.05, 0) is 30.3 Å². The van der Waals surface area contributed by atoms with Gasteiger partial charge in [0.2, 0.25) is 0 Å². The fourth-order valence-electron chi connectivity index (χ4n) is 2.94. The van der Waals surface area contributed by atoms with Gasteiger partial charge in [0.05, 0.1) is 35.3 Å². The maximum absolute atomic E-state index is 10.4. The zero-order valence-electron chi connectivity index (χ0n) is 13.4. The first-order valence-electron chi connectivity index (χ1n) is 7.65. The zero-order valence-corrected chi connectivity index (χ0v) is 14.1. The van der Waals surface area contributed by atoms with Crippen molar-refractivity contribution in [3.8, 4) is 5.75 Å². The number of aromatic amines is 1. The van der Waals surface area contributed by atoms with Crippen LogP contribution >= 0.6 is 11.6 Å². The van der Waals surface area contributed by atoms with E-state index < -0.39 is 0 Å². The number of para-hydroxylation sites is 2. The molecule has 1 aromatic heterocycles. The molecule has 126 valence electrons. The minimum Gasteiger partial charge on any atom is -0.509 e. The van der Waals surface area contributed by atoms with Crippen LogP contribution in [0.5, 0.6) is 5.75 Å². The third kappa shape index (κ3) is 2.51. The summed E-state index contributed by atoms with van der Waals surface area (Å²) >= 11 is 6.18. The summed E-state index contributed by atoms with van der Waals surface area (Å²) in [6.07, 6.45) is 0. The number of benzene rings is 2. The van der Waals surface area contributed by atoms with E-state index >= 15 is 0 Å². The standard InChI is InChI=1S/C18H15ClN4O2/c1-25-15-7-6-10(8-11(15)19)23-9-14(24)16(17(23)20)18-21-12-4-2-3-5-13(12)22-18/h2-8,20,24H,9H2,1H3,(H,21,22). The number of aliphatic hydroxyl groups excluding tert-OH is 1. The van der Waals surface area contributed by atoms with Crippen molar-refractivity contribution in [1.82, 2.24) is 9.97 Å². The van der Waals surface area contributed by atoms with Crippen LogP contribution in [0.15, 0.2) is 48.2 Å². The Kier molecular flexibility index (Phi) is 3.62. The van der Waals surface area contributed by atoms with Gasteiger partial charge in [-0.3, -0.25) is 5.41 Å². The Morgan fingerprint density at radius 1 is 1.28 bits per heavy atom.